The van der Waals surface area contributed by atoms with Gasteiger partial charge in [-0.1, -0.05) is 11.6 Å². The van der Waals surface area contributed by atoms with Gasteiger partial charge < -0.3 is 10.0 Å². The van der Waals surface area contributed by atoms with Crippen LogP contribution in [0.15, 0.2) is 6.20 Å². The summed E-state index contributed by atoms with van der Waals surface area (Å²) in [4.78, 5) is 14.7. The highest BCUT2D eigenvalue weighted by Gasteiger charge is 2.61. The van der Waals surface area contributed by atoms with Gasteiger partial charge in [0.05, 0.1) is 12.2 Å². The Labute approximate surface area is 136 Å². The molecule has 23 heavy (non-hydrogen) atoms. The Morgan fingerprint density at radius 1 is 1.35 bits per heavy atom. The van der Waals surface area contributed by atoms with E-state index in [1.165, 1.54) is 19.3 Å². The molecule has 2 aliphatic carbocycles. The van der Waals surface area contributed by atoms with Crippen molar-refractivity contribution in [2.75, 3.05) is 13.1 Å². The molecule has 2 saturated carbocycles. The highest BCUT2D eigenvalue weighted by atomic mass is 16.3. The Morgan fingerprint density at radius 3 is 2.52 bits per heavy atom. The van der Waals surface area contributed by atoms with Crippen LogP contribution in [0, 0.1) is 11.3 Å². The van der Waals surface area contributed by atoms with E-state index in [4.69, 9.17) is 0 Å². The summed E-state index contributed by atoms with van der Waals surface area (Å²) in [6.45, 7) is 5.06. The zero-order chi connectivity index (χ0) is 16.2. The van der Waals surface area contributed by atoms with Crippen LogP contribution in [0.1, 0.15) is 64.1 Å². The highest BCUT2D eigenvalue weighted by Crippen LogP contribution is 2.66. The Hall–Kier alpha value is -1.43. The highest BCUT2D eigenvalue weighted by molar-refractivity contribution is 5.83. The molecule has 0 bridgehead atoms. The van der Waals surface area contributed by atoms with E-state index < -0.39 is 5.60 Å². The molecule has 0 aromatic carbocycles. The monoisotopic (exact) mass is 318 g/mol. The lowest BCUT2D eigenvalue weighted by atomic mass is 9.79. The van der Waals surface area contributed by atoms with E-state index in [-0.39, 0.29) is 6.04 Å². The van der Waals surface area contributed by atoms with Crippen LogP contribution in [0.3, 0.4) is 0 Å². The average Bonchev–Trinajstić information content (AvgIpc) is 3.06. The maximum atomic E-state index is 12.6. The number of carbonyl (C=O) groups excluding carboxylic acids is 1. The summed E-state index contributed by atoms with van der Waals surface area (Å²) >= 11 is 0. The topological polar surface area (TPSA) is 71.2 Å². The van der Waals surface area contributed by atoms with E-state index in [9.17, 15) is 9.90 Å². The van der Waals surface area contributed by atoms with Crippen molar-refractivity contribution in [3.63, 3.8) is 0 Å². The number of carbonyl (C=O) groups is 1. The third-order valence-electron chi connectivity index (χ3n) is 6.12. The summed E-state index contributed by atoms with van der Waals surface area (Å²) in [5.41, 5.74) is 0.0558. The smallest absolute Gasteiger partial charge is 0.226 e. The molecular formula is C17H26N4O2. The molecule has 3 aliphatic rings. The van der Waals surface area contributed by atoms with Gasteiger partial charge in [0, 0.05) is 19.0 Å². The first-order chi connectivity index (χ1) is 10.9. The Balaban J connectivity index is 1.34. The minimum Gasteiger partial charge on any atom is -0.384 e. The van der Waals surface area contributed by atoms with E-state index in [0.29, 0.717) is 22.9 Å². The lowest BCUT2D eigenvalue weighted by Crippen LogP contribution is -2.41. The molecule has 2 heterocycles. The molecule has 1 aromatic heterocycles. The van der Waals surface area contributed by atoms with Crippen molar-refractivity contribution in [1.82, 2.24) is 19.9 Å². The van der Waals surface area contributed by atoms with Crippen molar-refractivity contribution in [3.05, 3.63) is 11.9 Å². The number of rotatable bonds is 3. The molecule has 6 heteroatoms. The van der Waals surface area contributed by atoms with Gasteiger partial charge in [0.15, 0.2) is 0 Å². The van der Waals surface area contributed by atoms with Gasteiger partial charge in [0.2, 0.25) is 5.91 Å². The van der Waals surface area contributed by atoms with Gasteiger partial charge in [-0.25, -0.2) is 4.68 Å². The predicted molar refractivity (Wildman–Crippen MR) is 84.5 cm³/mol. The molecule has 6 nitrogen and oxygen atoms in total. The Kier molecular flexibility index (Phi) is 3.31. The molecule has 1 aliphatic heterocycles. The van der Waals surface area contributed by atoms with Crippen LogP contribution in [-0.4, -0.2) is 44.0 Å². The largest absolute Gasteiger partial charge is 0.384 e. The lowest BCUT2D eigenvalue weighted by Gasteiger charge is -2.34. The summed E-state index contributed by atoms with van der Waals surface area (Å²) in [7, 11) is 0. The van der Waals surface area contributed by atoms with Crippen molar-refractivity contribution >= 4 is 5.91 Å². The normalized spacial score (nSPS) is 27.1. The number of aliphatic hydroxyl groups is 1. The Bertz CT molecular complexity index is 606. The summed E-state index contributed by atoms with van der Waals surface area (Å²) in [6, 6.07) is 0.277. The predicted octanol–water partition coefficient (Wildman–Crippen LogP) is 1.86. The second kappa shape index (κ2) is 5.03. The second-order valence-corrected chi connectivity index (χ2v) is 8.17. The first-order valence-electron chi connectivity index (χ1n) is 8.83. The summed E-state index contributed by atoms with van der Waals surface area (Å²) in [5, 5.41) is 18.2. The molecule has 3 fully saturated rings. The van der Waals surface area contributed by atoms with E-state index in [1.807, 2.05) is 10.9 Å². The van der Waals surface area contributed by atoms with Crippen molar-refractivity contribution in [3.8, 4) is 0 Å². The number of hydrogen-bond donors (Lipinski definition) is 1. The van der Waals surface area contributed by atoms with Crippen LogP contribution in [-0.2, 0) is 10.4 Å². The fourth-order valence-corrected chi connectivity index (χ4v) is 4.19. The van der Waals surface area contributed by atoms with Crippen molar-refractivity contribution < 1.29 is 9.90 Å². The van der Waals surface area contributed by atoms with E-state index in [1.54, 1.807) is 13.8 Å². The van der Waals surface area contributed by atoms with Crippen LogP contribution >= 0.6 is 0 Å². The standard InChI is InChI=1S/C17H26N4O2/c1-16(2,23)14-11-21(19-18-14)12-4-8-20(9-5-12)15(22)13-10-17(13)6-3-7-17/h11-13,23H,3-10H2,1-2H3. The first-order valence-corrected chi connectivity index (χ1v) is 8.83. The average molecular weight is 318 g/mol. The van der Waals surface area contributed by atoms with E-state index in [0.717, 1.165) is 32.4 Å². The van der Waals surface area contributed by atoms with Crippen LogP contribution in [0.2, 0.25) is 0 Å². The third kappa shape index (κ3) is 2.57. The lowest BCUT2D eigenvalue weighted by molar-refractivity contribution is -0.135. The van der Waals surface area contributed by atoms with Crippen molar-refractivity contribution in [2.24, 2.45) is 11.3 Å². The van der Waals surface area contributed by atoms with Gasteiger partial charge in [-0.2, -0.15) is 0 Å². The second-order valence-electron chi connectivity index (χ2n) is 8.17. The molecule has 1 N–H and O–H groups in total. The molecule has 4 rings (SSSR count). The van der Waals surface area contributed by atoms with Gasteiger partial charge in [-0.15, -0.1) is 5.10 Å². The van der Waals surface area contributed by atoms with Crippen molar-refractivity contribution in [1.29, 1.82) is 0 Å². The van der Waals surface area contributed by atoms with Crippen LogP contribution in [0.25, 0.3) is 0 Å². The summed E-state index contributed by atoms with van der Waals surface area (Å²) < 4.78 is 1.86. The van der Waals surface area contributed by atoms with Gasteiger partial charge in [-0.05, 0) is 51.4 Å². The van der Waals surface area contributed by atoms with Crippen LogP contribution in [0.4, 0.5) is 0 Å². The molecule has 1 aromatic rings. The molecule has 1 amide bonds. The molecule has 126 valence electrons. The third-order valence-corrected chi connectivity index (χ3v) is 6.12. The number of hydrogen-bond acceptors (Lipinski definition) is 4. The maximum Gasteiger partial charge on any atom is 0.226 e. The SMILES string of the molecule is CC(C)(O)c1cn(C2CCN(C(=O)C3CC34CCC4)CC2)nn1. The van der Waals surface area contributed by atoms with Gasteiger partial charge >= 0.3 is 0 Å². The number of likely N-dealkylation sites (tertiary alicyclic amines) is 1. The van der Waals surface area contributed by atoms with Crippen LogP contribution in [0.5, 0.6) is 0 Å². The molecule has 1 atom stereocenters. The molecule has 1 unspecified atom stereocenters. The summed E-state index contributed by atoms with van der Waals surface area (Å²) in [6.07, 6.45) is 8.63. The molecule has 1 spiro atoms. The molecule has 1 saturated heterocycles. The minimum absolute atomic E-state index is 0.277. The van der Waals surface area contributed by atoms with E-state index >= 15 is 0 Å². The number of nitrogens with zero attached hydrogens (tertiary/aromatic N) is 4. The van der Waals surface area contributed by atoms with E-state index in [2.05, 4.69) is 15.2 Å². The fourth-order valence-electron chi connectivity index (χ4n) is 4.19. The fraction of sp³-hybridized carbons (Fsp3) is 0.824. The van der Waals surface area contributed by atoms with Gasteiger partial charge in [0.1, 0.15) is 11.3 Å². The zero-order valence-electron chi connectivity index (χ0n) is 14.0. The quantitative estimate of drug-likeness (QED) is 0.923. The van der Waals surface area contributed by atoms with Crippen LogP contribution < -0.4 is 0 Å². The molecule has 0 radical (unpaired) electrons. The zero-order valence-corrected chi connectivity index (χ0v) is 14.0. The van der Waals surface area contributed by atoms with Gasteiger partial charge in [0.25, 0.3) is 0 Å². The maximum absolute atomic E-state index is 12.6. The first kappa shape index (κ1) is 15.1. The minimum atomic E-state index is -0.960. The Morgan fingerprint density at radius 2 is 2.04 bits per heavy atom. The number of piperidine rings is 1. The van der Waals surface area contributed by atoms with Crippen molar-refractivity contribution in [2.45, 2.75) is 64.0 Å². The number of amides is 1. The number of aromatic nitrogens is 3. The van der Waals surface area contributed by atoms with Gasteiger partial charge in [-0.3, -0.25) is 4.79 Å². The summed E-state index contributed by atoms with van der Waals surface area (Å²) in [5.74, 6) is 0.708. The molecular weight excluding hydrogens is 292 g/mol.